The van der Waals surface area contributed by atoms with Gasteiger partial charge in [-0.15, -0.1) is 0 Å². The van der Waals surface area contributed by atoms with E-state index in [1.54, 1.807) is 4.90 Å². The smallest absolute Gasteiger partial charge is 0.164 e. The quantitative estimate of drug-likeness (QED) is 0.843. The number of benzene rings is 2. The van der Waals surface area contributed by atoms with Gasteiger partial charge in [0.15, 0.2) is 10.2 Å². The van der Waals surface area contributed by atoms with Gasteiger partial charge in [-0.1, -0.05) is 48.6 Å². The molecule has 3 rings (SSSR count). The zero-order valence-corrected chi connectivity index (χ0v) is 12.1. The Labute approximate surface area is 126 Å². The number of rotatable bonds is 2. The normalized spacial score (nSPS) is 17.0. The maximum atomic E-state index is 8.27. The van der Waals surface area contributed by atoms with Gasteiger partial charge in [-0.3, -0.25) is 10.3 Å². The SMILES string of the molecule is N=C1C(=Nc2ccccc2)SC(=S)N1c1ccccc1. The average molecular weight is 297 g/mol. The molecule has 20 heavy (non-hydrogen) atoms. The Balaban J connectivity index is 1.93. The molecule has 1 aliphatic heterocycles. The predicted octanol–water partition coefficient (Wildman–Crippen LogP) is 4.23. The molecule has 3 nitrogen and oxygen atoms in total. The summed E-state index contributed by atoms with van der Waals surface area (Å²) in [6.07, 6.45) is 0. The van der Waals surface area contributed by atoms with Crippen LogP contribution in [0, 0.1) is 5.41 Å². The maximum Gasteiger partial charge on any atom is 0.164 e. The Hall–Kier alpha value is -1.98. The molecule has 98 valence electrons. The third-order valence-corrected chi connectivity index (χ3v) is 4.06. The minimum absolute atomic E-state index is 0.329. The summed E-state index contributed by atoms with van der Waals surface area (Å²) in [4.78, 5) is 6.23. The number of hydrogen-bond acceptors (Lipinski definition) is 4. The lowest BCUT2D eigenvalue weighted by molar-refractivity contribution is 1.40. The molecule has 1 aliphatic rings. The van der Waals surface area contributed by atoms with E-state index in [0.29, 0.717) is 15.2 Å². The lowest BCUT2D eigenvalue weighted by Gasteiger charge is -2.15. The number of aliphatic imine (C=N–C) groups is 1. The molecular formula is C15H11N3S2. The molecule has 2 aromatic carbocycles. The molecule has 1 heterocycles. The fourth-order valence-corrected chi connectivity index (χ4v) is 3.10. The molecule has 0 aromatic heterocycles. The fourth-order valence-electron chi connectivity index (χ4n) is 1.87. The highest BCUT2D eigenvalue weighted by molar-refractivity contribution is 8.35. The molecule has 0 aliphatic carbocycles. The van der Waals surface area contributed by atoms with E-state index in [2.05, 4.69) is 4.99 Å². The Morgan fingerprint density at radius 1 is 0.950 bits per heavy atom. The van der Waals surface area contributed by atoms with Crippen molar-refractivity contribution in [3.63, 3.8) is 0 Å². The van der Waals surface area contributed by atoms with Gasteiger partial charge in [0.25, 0.3) is 0 Å². The minimum atomic E-state index is 0.329. The van der Waals surface area contributed by atoms with Crippen LogP contribution in [0.1, 0.15) is 0 Å². The van der Waals surface area contributed by atoms with Crippen LogP contribution in [0.3, 0.4) is 0 Å². The van der Waals surface area contributed by atoms with Crippen LogP contribution >= 0.6 is 24.0 Å². The number of nitrogens with one attached hydrogen (secondary N) is 1. The summed E-state index contributed by atoms with van der Waals surface area (Å²) in [5, 5.41) is 8.90. The van der Waals surface area contributed by atoms with E-state index in [-0.39, 0.29) is 0 Å². The first kappa shape index (κ1) is 13.0. The maximum absolute atomic E-state index is 8.27. The van der Waals surface area contributed by atoms with Crippen LogP contribution in [-0.2, 0) is 0 Å². The van der Waals surface area contributed by atoms with Crippen LogP contribution in [-0.4, -0.2) is 15.2 Å². The molecule has 0 amide bonds. The Kier molecular flexibility index (Phi) is 3.62. The van der Waals surface area contributed by atoms with E-state index in [1.807, 2.05) is 60.7 Å². The summed E-state index contributed by atoms with van der Waals surface area (Å²) in [5.74, 6) is 0.329. The van der Waals surface area contributed by atoms with Crippen molar-refractivity contribution in [2.24, 2.45) is 4.99 Å². The molecule has 0 bridgehead atoms. The lowest BCUT2D eigenvalue weighted by Crippen LogP contribution is -2.28. The summed E-state index contributed by atoms with van der Waals surface area (Å²) >= 11 is 6.71. The third kappa shape index (κ3) is 2.50. The second kappa shape index (κ2) is 5.56. The summed E-state index contributed by atoms with van der Waals surface area (Å²) < 4.78 is 0.635. The van der Waals surface area contributed by atoms with Crippen LogP contribution in [0.5, 0.6) is 0 Å². The number of hydrogen-bond donors (Lipinski definition) is 1. The van der Waals surface area contributed by atoms with Crippen LogP contribution < -0.4 is 4.90 Å². The van der Waals surface area contributed by atoms with Crippen molar-refractivity contribution in [2.45, 2.75) is 0 Å². The van der Waals surface area contributed by atoms with Crippen LogP contribution in [0.25, 0.3) is 0 Å². The third-order valence-electron chi connectivity index (χ3n) is 2.79. The minimum Gasteiger partial charge on any atom is -0.282 e. The first-order valence-corrected chi connectivity index (χ1v) is 7.28. The summed E-state index contributed by atoms with van der Waals surface area (Å²) in [5.41, 5.74) is 1.73. The molecule has 5 heteroatoms. The van der Waals surface area contributed by atoms with Crippen molar-refractivity contribution in [2.75, 3.05) is 4.90 Å². The number of anilines is 1. The summed E-state index contributed by atoms with van der Waals surface area (Å²) in [6, 6.07) is 19.3. The van der Waals surface area contributed by atoms with E-state index in [9.17, 15) is 0 Å². The van der Waals surface area contributed by atoms with Crippen LogP contribution in [0.15, 0.2) is 65.7 Å². The molecule has 0 saturated carbocycles. The molecule has 0 spiro atoms. The zero-order chi connectivity index (χ0) is 13.9. The van der Waals surface area contributed by atoms with Gasteiger partial charge in [-0.05, 0) is 36.0 Å². The Morgan fingerprint density at radius 3 is 2.20 bits per heavy atom. The summed E-state index contributed by atoms with van der Waals surface area (Å²) in [7, 11) is 0. The molecule has 1 fully saturated rings. The van der Waals surface area contributed by atoms with Crippen molar-refractivity contribution in [3.05, 3.63) is 60.7 Å². The van der Waals surface area contributed by atoms with Crippen molar-refractivity contribution in [1.82, 2.24) is 0 Å². The number of amidine groups is 1. The van der Waals surface area contributed by atoms with Gasteiger partial charge in [-0.25, -0.2) is 4.99 Å². The molecule has 0 atom stereocenters. The van der Waals surface area contributed by atoms with Crippen molar-refractivity contribution >= 4 is 50.6 Å². The van der Waals surface area contributed by atoms with E-state index < -0.39 is 0 Å². The number of thiocarbonyl (C=S) groups is 1. The van der Waals surface area contributed by atoms with Gasteiger partial charge in [0.05, 0.1) is 5.69 Å². The van der Waals surface area contributed by atoms with E-state index in [1.165, 1.54) is 11.8 Å². The topological polar surface area (TPSA) is 39.5 Å². The van der Waals surface area contributed by atoms with Gasteiger partial charge in [0.2, 0.25) is 0 Å². The largest absolute Gasteiger partial charge is 0.282 e. The molecule has 2 aromatic rings. The average Bonchev–Trinajstić information content (AvgIpc) is 2.75. The van der Waals surface area contributed by atoms with Crippen LogP contribution in [0.4, 0.5) is 11.4 Å². The lowest BCUT2D eigenvalue weighted by atomic mass is 10.3. The van der Waals surface area contributed by atoms with Gasteiger partial charge < -0.3 is 0 Å². The second-order valence-corrected chi connectivity index (χ2v) is 5.76. The highest BCUT2D eigenvalue weighted by Gasteiger charge is 2.31. The fraction of sp³-hybridized carbons (Fsp3) is 0. The molecule has 0 unspecified atom stereocenters. The van der Waals surface area contributed by atoms with Crippen LogP contribution in [0.2, 0.25) is 0 Å². The van der Waals surface area contributed by atoms with Gasteiger partial charge in [0, 0.05) is 5.69 Å². The number of nitrogens with zero attached hydrogens (tertiary/aromatic N) is 2. The Morgan fingerprint density at radius 2 is 1.55 bits per heavy atom. The highest BCUT2D eigenvalue weighted by atomic mass is 32.2. The zero-order valence-electron chi connectivity index (χ0n) is 10.5. The van der Waals surface area contributed by atoms with Gasteiger partial charge >= 0.3 is 0 Å². The van der Waals surface area contributed by atoms with Crippen molar-refractivity contribution in [3.8, 4) is 0 Å². The number of thioether (sulfide) groups is 1. The van der Waals surface area contributed by atoms with Crippen molar-refractivity contribution in [1.29, 1.82) is 5.41 Å². The first-order valence-electron chi connectivity index (χ1n) is 6.05. The van der Waals surface area contributed by atoms with Crippen molar-refractivity contribution < 1.29 is 0 Å². The predicted molar refractivity (Wildman–Crippen MR) is 90.4 cm³/mol. The molecule has 1 saturated heterocycles. The highest BCUT2D eigenvalue weighted by Crippen LogP contribution is 2.30. The standard InChI is InChI=1S/C15H11N3S2/c16-13-14(17-11-7-3-1-4-8-11)20-15(19)18(13)12-9-5-2-6-10-12/h1-10,16H. The summed E-state index contributed by atoms with van der Waals surface area (Å²) in [6.45, 7) is 0. The molecule has 0 radical (unpaired) electrons. The first-order chi connectivity index (χ1) is 9.75. The second-order valence-electron chi connectivity index (χ2n) is 4.14. The van der Waals surface area contributed by atoms with Gasteiger partial charge in [-0.2, -0.15) is 0 Å². The van der Waals surface area contributed by atoms with E-state index in [0.717, 1.165) is 11.4 Å². The number of para-hydroxylation sites is 2. The van der Waals surface area contributed by atoms with E-state index in [4.69, 9.17) is 17.6 Å². The monoisotopic (exact) mass is 297 g/mol. The molecule has 1 N–H and O–H groups in total. The molecular weight excluding hydrogens is 286 g/mol. The Bertz CT molecular complexity index is 681. The van der Waals surface area contributed by atoms with E-state index >= 15 is 0 Å². The van der Waals surface area contributed by atoms with Gasteiger partial charge in [0.1, 0.15) is 5.04 Å².